The molecule has 10 heteroatoms. The Kier molecular flexibility index (Phi) is 5.38. The van der Waals surface area contributed by atoms with Crippen LogP contribution in [0.3, 0.4) is 0 Å². The number of hydrogen-bond donors (Lipinski definition) is 0. The first-order chi connectivity index (χ1) is 9.27. The monoisotopic (exact) mass is 356 g/mol. The van der Waals surface area contributed by atoms with Crippen LogP contribution in [0.25, 0.3) is 10.8 Å². The molecule has 0 aromatic heterocycles. The molecule has 0 radical (unpaired) electrons. The van der Waals surface area contributed by atoms with Crippen LogP contribution in [-0.4, -0.2) is 0 Å². The van der Waals surface area contributed by atoms with Crippen molar-refractivity contribution in [1.29, 1.82) is 0 Å². The summed E-state index contributed by atoms with van der Waals surface area (Å²) < 4.78 is 110. The predicted octanol–water partition coefficient (Wildman–Crippen LogP) is 4.65. The zero-order valence-corrected chi connectivity index (χ0v) is 12.2. The fourth-order valence-electron chi connectivity index (χ4n) is 1.43. The topological polar surface area (TPSA) is 0 Å². The van der Waals surface area contributed by atoms with Crippen LogP contribution in [0.15, 0.2) is 6.07 Å². The van der Waals surface area contributed by atoms with Crippen molar-refractivity contribution < 1.29 is 55.5 Å². The summed E-state index contributed by atoms with van der Waals surface area (Å²) in [5.74, 6) is -14.5. The third-order valence-corrected chi connectivity index (χ3v) is 2.19. The molecular weight excluding hydrogens is 356 g/mol. The van der Waals surface area contributed by atoms with Gasteiger partial charge in [-0.15, -0.1) is 0 Å². The number of benzene rings is 2. The Hall–Kier alpha value is -1.31. The van der Waals surface area contributed by atoms with E-state index in [0.29, 0.717) is 0 Å². The van der Waals surface area contributed by atoms with E-state index < -0.39 is 69.6 Å². The van der Waals surface area contributed by atoms with Gasteiger partial charge in [-0.05, 0) is 0 Å². The van der Waals surface area contributed by atoms with Gasteiger partial charge in [-0.25, -0.2) is 30.7 Å². The van der Waals surface area contributed by atoms with Gasteiger partial charge in [-0.1, -0.05) is 0 Å². The SMILES string of the molecule is Fc1cc(F)c2c(F)c(F)c(F)c(F)c2c1F.[F][Zn][F]. The molecule has 0 heterocycles. The standard InChI is InChI=1S/C10HF7.2FH.Zn/c11-2-1-3(12)6(13)5-4(2)7(14)9(16)10(17)8(5)15;;;/h1H;2*1H;/q;;;+2/p-2. The molecular formula is C10HF9Zn. The minimum atomic E-state index is -2.88. The Morgan fingerprint density at radius 1 is 0.550 bits per heavy atom. The molecule has 2 aromatic carbocycles. The fourth-order valence-corrected chi connectivity index (χ4v) is 1.43. The molecule has 20 heavy (non-hydrogen) atoms. The summed E-state index contributed by atoms with van der Waals surface area (Å²) in [6.45, 7) is 0. The Morgan fingerprint density at radius 2 is 0.950 bits per heavy atom. The molecule has 0 aliphatic rings. The molecule has 0 aliphatic carbocycles. The average Bonchev–Trinajstić information content (AvgIpc) is 2.38. The van der Waals surface area contributed by atoms with Gasteiger partial charge < -0.3 is 0 Å². The molecule has 0 aliphatic heterocycles. The van der Waals surface area contributed by atoms with Crippen LogP contribution in [0.2, 0.25) is 0 Å². The van der Waals surface area contributed by atoms with E-state index in [-0.39, 0.29) is 6.07 Å². The second-order valence-electron chi connectivity index (χ2n) is 3.26. The van der Waals surface area contributed by atoms with Gasteiger partial charge in [0.2, 0.25) is 0 Å². The molecule has 2 rings (SSSR count). The van der Waals surface area contributed by atoms with Gasteiger partial charge in [-0.3, -0.25) is 0 Å². The maximum atomic E-state index is 13.1. The van der Waals surface area contributed by atoms with E-state index in [2.05, 4.69) is 0 Å². The van der Waals surface area contributed by atoms with E-state index >= 15 is 0 Å². The number of fused-ring (bicyclic) bond motifs is 1. The van der Waals surface area contributed by atoms with E-state index in [0.717, 1.165) is 0 Å². The van der Waals surface area contributed by atoms with Crippen molar-refractivity contribution in [2.75, 3.05) is 0 Å². The molecule has 106 valence electrons. The van der Waals surface area contributed by atoms with Gasteiger partial charge in [0, 0.05) is 6.07 Å². The summed E-state index contributed by atoms with van der Waals surface area (Å²) in [6, 6.07) is -0.0858. The second-order valence-corrected chi connectivity index (χ2v) is 3.69. The van der Waals surface area contributed by atoms with Gasteiger partial charge in [-0.2, -0.15) is 0 Å². The molecule has 0 saturated heterocycles. The molecule has 0 N–H and O–H groups in total. The minimum absolute atomic E-state index is 0.0858. The van der Waals surface area contributed by atoms with E-state index in [1.54, 1.807) is 0 Å². The van der Waals surface area contributed by atoms with Crippen LogP contribution in [-0.2, 0) is 18.1 Å². The maximum absolute atomic E-state index is 13.1. The fraction of sp³-hybridized carbons (Fsp3) is 0. The van der Waals surface area contributed by atoms with Crippen molar-refractivity contribution in [3.8, 4) is 0 Å². The van der Waals surface area contributed by atoms with Crippen molar-refractivity contribution in [3.63, 3.8) is 0 Å². The molecule has 0 bridgehead atoms. The molecule has 0 saturated carbocycles. The van der Waals surface area contributed by atoms with Crippen LogP contribution in [0.4, 0.5) is 37.4 Å². The Balaban J connectivity index is 0.000000612. The van der Waals surface area contributed by atoms with Crippen molar-refractivity contribution in [2.45, 2.75) is 0 Å². The van der Waals surface area contributed by atoms with Crippen LogP contribution in [0.5, 0.6) is 0 Å². The summed E-state index contributed by atoms with van der Waals surface area (Å²) >= 11 is -2.88. The molecule has 0 nitrogen and oxygen atoms in total. The zero-order chi connectivity index (χ0) is 15.6. The number of hydrogen-bond acceptors (Lipinski definition) is 0. The summed E-state index contributed by atoms with van der Waals surface area (Å²) in [5.41, 5.74) is 0. The average molecular weight is 357 g/mol. The van der Waals surface area contributed by atoms with E-state index in [1.165, 1.54) is 0 Å². The third kappa shape index (κ3) is 2.75. The Labute approximate surface area is 113 Å². The Bertz CT molecular complexity index is 655. The van der Waals surface area contributed by atoms with Gasteiger partial charge in [0.05, 0.1) is 10.8 Å². The van der Waals surface area contributed by atoms with Crippen molar-refractivity contribution in [3.05, 3.63) is 46.8 Å². The van der Waals surface area contributed by atoms with Gasteiger partial charge in [0.15, 0.2) is 34.9 Å². The van der Waals surface area contributed by atoms with Crippen molar-refractivity contribution in [2.24, 2.45) is 0 Å². The summed E-state index contributed by atoms with van der Waals surface area (Å²) in [4.78, 5) is 0. The summed E-state index contributed by atoms with van der Waals surface area (Å²) in [7, 11) is 0. The molecule has 0 unspecified atom stereocenters. The van der Waals surface area contributed by atoms with Crippen LogP contribution < -0.4 is 0 Å². The second kappa shape index (κ2) is 6.43. The van der Waals surface area contributed by atoms with Gasteiger partial charge in [0.25, 0.3) is 0 Å². The molecule has 0 atom stereocenters. The zero-order valence-electron chi connectivity index (χ0n) is 9.19. The van der Waals surface area contributed by atoms with Gasteiger partial charge in [0.1, 0.15) is 5.82 Å². The van der Waals surface area contributed by atoms with Crippen LogP contribution >= 0.6 is 0 Å². The number of rotatable bonds is 0. The quantitative estimate of drug-likeness (QED) is 0.279. The molecule has 0 fully saturated rings. The summed E-state index contributed by atoms with van der Waals surface area (Å²) in [6.07, 6.45) is 0. The first-order valence-corrected chi connectivity index (χ1v) is 6.93. The first kappa shape index (κ1) is 16.7. The van der Waals surface area contributed by atoms with E-state index in [4.69, 9.17) is 0 Å². The van der Waals surface area contributed by atoms with Crippen molar-refractivity contribution in [1.82, 2.24) is 0 Å². The normalized spacial score (nSPS) is 10.1. The van der Waals surface area contributed by atoms with Gasteiger partial charge >= 0.3 is 24.8 Å². The Morgan fingerprint density at radius 3 is 1.40 bits per heavy atom. The predicted molar refractivity (Wildman–Crippen MR) is 45.9 cm³/mol. The third-order valence-electron chi connectivity index (χ3n) is 2.19. The van der Waals surface area contributed by atoms with Crippen molar-refractivity contribution >= 4 is 10.8 Å². The molecule has 0 amide bonds. The molecule has 0 spiro atoms. The first-order valence-electron chi connectivity index (χ1n) is 4.68. The van der Waals surface area contributed by atoms with E-state index in [1.807, 2.05) is 0 Å². The van der Waals surface area contributed by atoms with Crippen LogP contribution in [0.1, 0.15) is 0 Å². The van der Waals surface area contributed by atoms with E-state index in [9.17, 15) is 37.4 Å². The number of halogens is 9. The summed E-state index contributed by atoms with van der Waals surface area (Å²) in [5, 5.41) is -3.07. The molecule has 2 aromatic rings. The van der Waals surface area contributed by atoms with Crippen LogP contribution in [0, 0.1) is 40.7 Å².